The maximum Gasteiger partial charge on any atom is 0.240 e. The Morgan fingerprint density at radius 2 is 2.11 bits per heavy atom. The first-order valence-electron chi connectivity index (χ1n) is 7.88. The van der Waals surface area contributed by atoms with Crippen molar-refractivity contribution in [3.05, 3.63) is 11.7 Å². The van der Waals surface area contributed by atoms with E-state index in [-0.39, 0.29) is 0 Å². The molecule has 0 bridgehead atoms. The van der Waals surface area contributed by atoms with Crippen LogP contribution in [0.2, 0.25) is 0 Å². The Balaban J connectivity index is 1.51. The summed E-state index contributed by atoms with van der Waals surface area (Å²) in [6.45, 7) is 4.11. The van der Waals surface area contributed by atoms with Crippen LogP contribution in [0.1, 0.15) is 69.5 Å². The molecule has 1 heterocycles. The van der Waals surface area contributed by atoms with Crippen LogP contribution in [0.15, 0.2) is 4.52 Å². The van der Waals surface area contributed by atoms with Gasteiger partial charge in [-0.15, -0.1) is 0 Å². The van der Waals surface area contributed by atoms with Gasteiger partial charge in [0.05, 0.1) is 6.54 Å². The van der Waals surface area contributed by atoms with E-state index >= 15 is 0 Å². The zero-order valence-corrected chi connectivity index (χ0v) is 11.9. The number of rotatable bonds is 6. The zero-order valence-electron chi connectivity index (χ0n) is 11.9. The molecule has 4 nitrogen and oxygen atoms in total. The minimum Gasteiger partial charge on any atom is -0.338 e. The van der Waals surface area contributed by atoms with Crippen LogP contribution >= 0.6 is 0 Å². The quantitative estimate of drug-likeness (QED) is 0.856. The summed E-state index contributed by atoms with van der Waals surface area (Å²) in [5, 5.41) is 7.60. The second kappa shape index (κ2) is 6.04. The van der Waals surface area contributed by atoms with Crippen molar-refractivity contribution < 1.29 is 4.52 Å². The summed E-state index contributed by atoms with van der Waals surface area (Å²) in [4.78, 5) is 4.58. The Kier molecular flexibility index (Phi) is 4.16. The molecule has 0 saturated heterocycles. The molecule has 106 valence electrons. The van der Waals surface area contributed by atoms with Crippen molar-refractivity contribution in [3.8, 4) is 0 Å². The van der Waals surface area contributed by atoms with Crippen LogP contribution in [0.25, 0.3) is 0 Å². The first-order chi connectivity index (χ1) is 9.35. The average molecular weight is 263 g/mol. The lowest BCUT2D eigenvalue weighted by Gasteiger charge is -2.26. The number of hydrogen-bond donors (Lipinski definition) is 1. The van der Waals surface area contributed by atoms with Gasteiger partial charge in [0.1, 0.15) is 0 Å². The lowest BCUT2D eigenvalue weighted by Crippen LogP contribution is -2.17. The first kappa shape index (κ1) is 13.1. The summed E-state index contributed by atoms with van der Waals surface area (Å²) < 4.78 is 5.37. The molecule has 1 N–H and O–H groups in total. The van der Waals surface area contributed by atoms with Crippen molar-refractivity contribution in [1.82, 2.24) is 15.5 Å². The molecule has 2 fully saturated rings. The molecule has 0 radical (unpaired) electrons. The molecule has 2 atom stereocenters. The van der Waals surface area contributed by atoms with Crippen molar-refractivity contribution in [2.24, 2.45) is 11.8 Å². The summed E-state index contributed by atoms with van der Waals surface area (Å²) in [6.07, 6.45) is 9.19. The molecule has 2 aliphatic rings. The van der Waals surface area contributed by atoms with Crippen LogP contribution in [0.5, 0.6) is 0 Å². The van der Waals surface area contributed by atoms with Gasteiger partial charge in [0, 0.05) is 5.92 Å². The van der Waals surface area contributed by atoms with Crippen LogP contribution in [-0.2, 0) is 6.54 Å². The Morgan fingerprint density at radius 1 is 1.21 bits per heavy atom. The summed E-state index contributed by atoms with van der Waals surface area (Å²) in [7, 11) is 0. The van der Waals surface area contributed by atoms with Crippen molar-refractivity contribution in [2.45, 2.75) is 64.3 Å². The highest BCUT2D eigenvalue weighted by atomic mass is 16.5. The standard InChI is InChI=1S/C15H25N3O/c1-2-11-4-3-5-13(8-11)15-17-14(19-18-15)10-16-9-12-6-7-12/h11-13,16H,2-10H2,1H3. The molecule has 0 aromatic carbocycles. The minimum atomic E-state index is 0.527. The predicted octanol–water partition coefficient (Wildman–Crippen LogP) is 3.25. The maximum atomic E-state index is 5.37. The largest absolute Gasteiger partial charge is 0.338 e. The molecule has 19 heavy (non-hydrogen) atoms. The third-order valence-electron chi connectivity index (χ3n) is 4.62. The third kappa shape index (κ3) is 3.56. The Hall–Kier alpha value is -0.900. The minimum absolute atomic E-state index is 0.527. The number of aromatic nitrogens is 2. The SMILES string of the molecule is CCC1CCCC(c2noc(CNCC3CC3)n2)C1. The predicted molar refractivity (Wildman–Crippen MR) is 73.7 cm³/mol. The van der Waals surface area contributed by atoms with Crippen LogP contribution in [0, 0.1) is 11.8 Å². The van der Waals surface area contributed by atoms with Crippen molar-refractivity contribution >= 4 is 0 Å². The number of hydrogen-bond acceptors (Lipinski definition) is 4. The fraction of sp³-hybridized carbons (Fsp3) is 0.867. The maximum absolute atomic E-state index is 5.37. The number of nitrogens with one attached hydrogen (secondary N) is 1. The van der Waals surface area contributed by atoms with Crippen molar-refractivity contribution in [3.63, 3.8) is 0 Å². The van der Waals surface area contributed by atoms with Crippen LogP contribution in [0.4, 0.5) is 0 Å². The molecule has 0 amide bonds. The Morgan fingerprint density at radius 3 is 2.89 bits per heavy atom. The van der Waals surface area contributed by atoms with Gasteiger partial charge >= 0.3 is 0 Å². The highest BCUT2D eigenvalue weighted by Gasteiger charge is 2.26. The molecule has 3 rings (SSSR count). The molecular weight excluding hydrogens is 238 g/mol. The molecule has 2 saturated carbocycles. The number of nitrogens with zero attached hydrogens (tertiary/aromatic N) is 2. The van der Waals surface area contributed by atoms with E-state index in [4.69, 9.17) is 4.52 Å². The van der Waals surface area contributed by atoms with Gasteiger partial charge in [-0.2, -0.15) is 4.98 Å². The summed E-state index contributed by atoms with van der Waals surface area (Å²) >= 11 is 0. The van der Waals surface area contributed by atoms with E-state index in [0.29, 0.717) is 5.92 Å². The van der Waals surface area contributed by atoms with Crippen LogP contribution in [0.3, 0.4) is 0 Å². The molecule has 4 heteroatoms. The van der Waals surface area contributed by atoms with Crippen LogP contribution in [-0.4, -0.2) is 16.7 Å². The van der Waals surface area contributed by atoms with E-state index in [1.807, 2.05) is 0 Å². The highest BCUT2D eigenvalue weighted by molar-refractivity contribution is 4.98. The normalized spacial score (nSPS) is 27.6. The lowest BCUT2D eigenvalue weighted by molar-refractivity contribution is 0.297. The summed E-state index contributed by atoms with van der Waals surface area (Å²) in [5.74, 6) is 3.98. The molecule has 0 spiro atoms. The van der Waals surface area contributed by atoms with Gasteiger partial charge < -0.3 is 9.84 Å². The van der Waals surface area contributed by atoms with Gasteiger partial charge in [0.2, 0.25) is 5.89 Å². The third-order valence-corrected chi connectivity index (χ3v) is 4.62. The van der Waals surface area contributed by atoms with Crippen LogP contribution < -0.4 is 5.32 Å². The van der Waals surface area contributed by atoms with E-state index in [2.05, 4.69) is 22.4 Å². The average Bonchev–Trinajstić information content (AvgIpc) is 3.15. The van der Waals surface area contributed by atoms with Gasteiger partial charge in [-0.05, 0) is 44.1 Å². The van der Waals surface area contributed by atoms with Gasteiger partial charge in [-0.1, -0.05) is 31.3 Å². The van der Waals surface area contributed by atoms with E-state index in [9.17, 15) is 0 Å². The zero-order chi connectivity index (χ0) is 13.1. The molecule has 2 aliphatic carbocycles. The molecule has 1 aromatic rings. The lowest BCUT2D eigenvalue weighted by atomic mass is 9.80. The first-order valence-corrected chi connectivity index (χ1v) is 7.88. The van der Waals surface area contributed by atoms with Crippen molar-refractivity contribution in [1.29, 1.82) is 0 Å². The van der Waals surface area contributed by atoms with E-state index in [1.165, 1.54) is 44.9 Å². The summed E-state index contributed by atoms with van der Waals surface area (Å²) in [5.41, 5.74) is 0. The monoisotopic (exact) mass is 263 g/mol. The topological polar surface area (TPSA) is 51.0 Å². The fourth-order valence-corrected chi connectivity index (χ4v) is 3.11. The van der Waals surface area contributed by atoms with Gasteiger partial charge in [0.25, 0.3) is 0 Å². The Labute approximate surface area is 115 Å². The Bertz CT molecular complexity index is 400. The van der Waals surface area contributed by atoms with Gasteiger partial charge in [0.15, 0.2) is 5.82 Å². The van der Waals surface area contributed by atoms with E-state index in [1.54, 1.807) is 0 Å². The molecule has 2 unspecified atom stereocenters. The molecule has 1 aromatic heterocycles. The van der Waals surface area contributed by atoms with Gasteiger partial charge in [-0.25, -0.2) is 0 Å². The fourth-order valence-electron chi connectivity index (χ4n) is 3.11. The highest BCUT2D eigenvalue weighted by Crippen LogP contribution is 2.36. The summed E-state index contributed by atoms with van der Waals surface area (Å²) in [6, 6.07) is 0. The van der Waals surface area contributed by atoms with E-state index < -0.39 is 0 Å². The molecular formula is C15H25N3O. The molecule has 0 aliphatic heterocycles. The smallest absolute Gasteiger partial charge is 0.240 e. The van der Waals surface area contributed by atoms with Gasteiger partial charge in [-0.3, -0.25) is 0 Å². The second-order valence-corrected chi connectivity index (χ2v) is 6.26. The van der Waals surface area contributed by atoms with Crippen molar-refractivity contribution in [2.75, 3.05) is 6.54 Å². The second-order valence-electron chi connectivity index (χ2n) is 6.26. The van der Waals surface area contributed by atoms with E-state index in [0.717, 1.165) is 36.6 Å².